The van der Waals surface area contributed by atoms with Crippen molar-refractivity contribution < 1.29 is 19.4 Å². The number of nitrogens with one attached hydrogen (secondary N) is 2. The van der Waals surface area contributed by atoms with Crippen LogP contribution < -0.4 is 5.32 Å². The molecule has 2 atom stereocenters. The number of carbonyl (C=O) groups excluding carboxylic acids is 1. The van der Waals surface area contributed by atoms with Crippen molar-refractivity contribution in [2.24, 2.45) is 0 Å². The monoisotopic (exact) mass is 226 g/mol. The first-order chi connectivity index (χ1) is 7.66. The molecule has 0 aromatic carbocycles. The molecular weight excluding hydrogens is 216 g/mol. The maximum absolute atomic E-state index is 11.6. The summed E-state index contributed by atoms with van der Waals surface area (Å²) in [6.07, 6.45) is 0.336. The Bertz CT molecular complexity index is 391. The number of hydrogen-bond acceptors (Lipinski definition) is 5. The highest BCUT2D eigenvalue weighted by Gasteiger charge is 2.34. The molecular formula is C8H10N4O4. The summed E-state index contributed by atoms with van der Waals surface area (Å²) in [5, 5.41) is 17.1. The Kier molecular flexibility index (Phi) is 2.82. The Hall–Kier alpha value is -1.96. The molecule has 86 valence electrons. The van der Waals surface area contributed by atoms with Gasteiger partial charge in [0.05, 0.1) is 0 Å². The van der Waals surface area contributed by atoms with Gasteiger partial charge in [-0.25, -0.2) is 9.89 Å². The molecule has 2 heterocycles. The third-order valence-electron chi connectivity index (χ3n) is 2.24. The summed E-state index contributed by atoms with van der Waals surface area (Å²) in [6, 6.07) is 0. The maximum atomic E-state index is 11.6. The molecule has 1 aromatic heterocycles. The van der Waals surface area contributed by atoms with Gasteiger partial charge in [-0.3, -0.25) is 10.1 Å². The van der Waals surface area contributed by atoms with Crippen molar-refractivity contribution in [2.45, 2.75) is 25.0 Å². The highest BCUT2D eigenvalue weighted by atomic mass is 16.5. The molecule has 0 aliphatic carbocycles. The second-order valence-corrected chi connectivity index (χ2v) is 3.35. The Morgan fingerprint density at radius 1 is 1.50 bits per heavy atom. The third-order valence-corrected chi connectivity index (χ3v) is 2.24. The van der Waals surface area contributed by atoms with Gasteiger partial charge in [0.15, 0.2) is 6.10 Å². The molecule has 1 amide bonds. The molecule has 0 spiro atoms. The van der Waals surface area contributed by atoms with Crippen LogP contribution in [0.25, 0.3) is 0 Å². The van der Waals surface area contributed by atoms with E-state index in [4.69, 9.17) is 9.84 Å². The van der Waals surface area contributed by atoms with Gasteiger partial charge < -0.3 is 9.84 Å². The average molecular weight is 226 g/mol. The van der Waals surface area contributed by atoms with Crippen molar-refractivity contribution in [3.63, 3.8) is 0 Å². The predicted molar refractivity (Wildman–Crippen MR) is 50.5 cm³/mol. The number of carboxylic acid groups (broad SMARTS) is 1. The number of ether oxygens (including phenoxy) is 1. The zero-order valence-electron chi connectivity index (χ0n) is 8.21. The van der Waals surface area contributed by atoms with Crippen molar-refractivity contribution in [3.8, 4) is 0 Å². The lowest BCUT2D eigenvalue weighted by Gasteiger charge is -2.09. The van der Waals surface area contributed by atoms with E-state index < -0.39 is 24.1 Å². The van der Waals surface area contributed by atoms with Gasteiger partial charge in [0, 0.05) is 0 Å². The summed E-state index contributed by atoms with van der Waals surface area (Å²) in [5.41, 5.74) is 0. The number of amides is 1. The van der Waals surface area contributed by atoms with Crippen LogP contribution in [0.1, 0.15) is 12.8 Å². The standard InChI is InChI=1S/C8H10N4O4/c13-6(11-8-9-3-10-12-8)4-1-2-5(16-4)7(14)15/h3-5H,1-2H2,(H,14,15)(H2,9,10,11,12,13). The zero-order valence-corrected chi connectivity index (χ0v) is 8.21. The first-order valence-corrected chi connectivity index (χ1v) is 4.71. The molecule has 1 saturated heterocycles. The lowest BCUT2D eigenvalue weighted by molar-refractivity contribution is -0.150. The van der Waals surface area contributed by atoms with E-state index in [-0.39, 0.29) is 5.95 Å². The minimum absolute atomic E-state index is 0.215. The summed E-state index contributed by atoms with van der Waals surface area (Å²) in [7, 11) is 0. The number of aromatic nitrogens is 3. The lowest BCUT2D eigenvalue weighted by atomic mass is 10.2. The second kappa shape index (κ2) is 4.27. The van der Waals surface area contributed by atoms with Gasteiger partial charge in [-0.2, -0.15) is 10.1 Å². The van der Waals surface area contributed by atoms with Gasteiger partial charge in [-0.15, -0.1) is 0 Å². The number of nitrogens with zero attached hydrogens (tertiary/aromatic N) is 2. The van der Waals surface area contributed by atoms with Gasteiger partial charge in [-0.05, 0) is 12.8 Å². The lowest BCUT2D eigenvalue weighted by Crippen LogP contribution is -2.30. The summed E-state index contributed by atoms with van der Waals surface area (Å²) in [4.78, 5) is 25.9. The summed E-state index contributed by atoms with van der Waals surface area (Å²) in [6.45, 7) is 0. The minimum Gasteiger partial charge on any atom is -0.479 e. The number of aliphatic carboxylic acids is 1. The molecule has 8 nitrogen and oxygen atoms in total. The molecule has 1 aliphatic heterocycles. The number of aromatic amines is 1. The van der Waals surface area contributed by atoms with Gasteiger partial charge in [0.2, 0.25) is 5.95 Å². The molecule has 2 rings (SSSR count). The molecule has 3 N–H and O–H groups in total. The molecule has 1 aliphatic rings. The average Bonchev–Trinajstić information content (AvgIpc) is 2.86. The Balaban J connectivity index is 1.90. The minimum atomic E-state index is -1.05. The van der Waals surface area contributed by atoms with Crippen LogP contribution >= 0.6 is 0 Å². The second-order valence-electron chi connectivity index (χ2n) is 3.35. The van der Waals surface area contributed by atoms with E-state index in [1.54, 1.807) is 0 Å². The number of rotatable bonds is 3. The number of anilines is 1. The van der Waals surface area contributed by atoms with E-state index >= 15 is 0 Å². The van der Waals surface area contributed by atoms with E-state index in [0.717, 1.165) is 0 Å². The molecule has 16 heavy (non-hydrogen) atoms. The Morgan fingerprint density at radius 2 is 2.25 bits per heavy atom. The number of carbonyl (C=O) groups is 2. The fourth-order valence-electron chi connectivity index (χ4n) is 1.47. The van der Waals surface area contributed by atoms with E-state index in [9.17, 15) is 9.59 Å². The van der Waals surface area contributed by atoms with Gasteiger partial charge in [0.1, 0.15) is 12.4 Å². The first-order valence-electron chi connectivity index (χ1n) is 4.71. The van der Waals surface area contributed by atoms with Crippen LogP contribution in [0.15, 0.2) is 6.33 Å². The largest absolute Gasteiger partial charge is 0.479 e. The number of H-pyrrole nitrogens is 1. The fraction of sp³-hybridized carbons (Fsp3) is 0.500. The maximum Gasteiger partial charge on any atom is 0.332 e. The van der Waals surface area contributed by atoms with Gasteiger partial charge >= 0.3 is 5.97 Å². The number of hydrogen-bond donors (Lipinski definition) is 3. The third kappa shape index (κ3) is 2.16. The summed E-state index contributed by atoms with van der Waals surface area (Å²) >= 11 is 0. The molecule has 0 bridgehead atoms. The first kappa shape index (κ1) is 10.6. The van der Waals surface area contributed by atoms with Crippen molar-refractivity contribution in [2.75, 3.05) is 5.32 Å². The normalized spacial score (nSPS) is 24.2. The molecule has 0 saturated carbocycles. The van der Waals surface area contributed by atoms with Crippen molar-refractivity contribution in [1.29, 1.82) is 0 Å². The van der Waals surface area contributed by atoms with E-state index in [1.165, 1.54) is 6.33 Å². The molecule has 2 unspecified atom stereocenters. The summed E-state index contributed by atoms with van der Waals surface area (Å²) in [5.74, 6) is -1.25. The van der Waals surface area contributed by atoms with Crippen LogP contribution in [0.3, 0.4) is 0 Å². The van der Waals surface area contributed by atoms with Crippen LogP contribution in [-0.2, 0) is 14.3 Å². The van der Waals surface area contributed by atoms with Crippen LogP contribution in [0, 0.1) is 0 Å². The molecule has 1 aromatic rings. The fourth-order valence-corrected chi connectivity index (χ4v) is 1.47. The highest BCUT2D eigenvalue weighted by Crippen LogP contribution is 2.20. The molecule has 1 fully saturated rings. The SMILES string of the molecule is O=C(O)C1CCC(C(=O)Nc2ncn[nH]2)O1. The van der Waals surface area contributed by atoms with Crippen molar-refractivity contribution in [1.82, 2.24) is 15.2 Å². The predicted octanol–water partition coefficient (Wildman–Crippen LogP) is -0.625. The van der Waals surface area contributed by atoms with E-state index in [2.05, 4.69) is 20.5 Å². The van der Waals surface area contributed by atoms with Crippen LogP contribution in [0.5, 0.6) is 0 Å². The smallest absolute Gasteiger partial charge is 0.332 e. The topological polar surface area (TPSA) is 117 Å². The van der Waals surface area contributed by atoms with Crippen LogP contribution in [0.4, 0.5) is 5.95 Å². The van der Waals surface area contributed by atoms with Crippen LogP contribution in [0.2, 0.25) is 0 Å². The molecule has 8 heteroatoms. The van der Waals surface area contributed by atoms with Crippen LogP contribution in [-0.4, -0.2) is 44.4 Å². The van der Waals surface area contributed by atoms with E-state index in [1.807, 2.05) is 0 Å². The van der Waals surface area contributed by atoms with Crippen molar-refractivity contribution >= 4 is 17.8 Å². The Morgan fingerprint density at radius 3 is 2.81 bits per heavy atom. The van der Waals surface area contributed by atoms with Gasteiger partial charge in [0.25, 0.3) is 5.91 Å². The van der Waals surface area contributed by atoms with E-state index in [0.29, 0.717) is 12.8 Å². The van der Waals surface area contributed by atoms with Crippen molar-refractivity contribution in [3.05, 3.63) is 6.33 Å². The quantitative estimate of drug-likeness (QED) is 0.632. The number of carboxylic acids is 1. The highest BCUT2D eigenvalue weighted by molar-refractivity contribution is 5.93. The van der Waals surface area contributed by atoms with Gasteiger partial charge in [-0.1, -0.05) is 0 Å². The Labute approximate surface area is 90.0 Å². The zero-order chi connectivity index (χ0) is 11.5. The summed E-state index contributed by atoms with van der Waals surface area (Å²) < 4.78 is 5.06. The molecule has 0 radical (unpaired) electrons.